The molecule has 0 radical (unpaired) electrons. The molecule has 5 nitrogen and oxygen atoms in total. The van der Waals surface area contributed by atoms with Crippen molar-refractivity contribution in [3.05, 3.63) is 17.0 Å². The van der Waals surface area contributed by atoms with Crippen LogP contribution in [0.5, 0.6) is 0 Å². The summed E-state index contributed by atoms with van der Waals surface area (Å²) >= 11 is 0. The van der Waals surface area contributed by atoms with Gasteiger partial charge in [-0.05, 0) is 45.6 Å². The minimum absolute atomic E-state index is 0.0578. The molecule has 0 saturated heterocycles. The Kier molecular flexibility index (Phi) is 4.36. The summed E-state index contributed by atoms with van der Waals surface area (Å²) in [5, 5.41) is 9.96. The van der Waals surface area contributed by atoms with Crippen molar-refractivity contribution in [2.24, 2.45) is 5.92 Å². The summed E-state index contributed by atoms with van der Waals surface area (Å²) in [6.45, 7) is 5.83. The Balaban J connectivity index is 1.60. The quantitative estimate of drug-likeness (QED) is 0.757. The van der Waals surface area contributed by atoms with Gasteiger partial charge in [-0.15, -0.1) is 0 Å². The van der Waals surface area contributed by atoms with Crippen molar-refractivity contribution in [1.82, 2.24) is 15.8 Å². The van der Waals surface area contributed by atoms with Crippen molar-refractivity contribution < 1.29 is 9.32 Å². The summed E-state index contributed by atoms with van der Waals surface area (Å²) in [5.41, 5.74) is 2.01. The number of hydrogen-bond donors (Lipinski definition) is 2. The van der Waals surface area contributed by atoms with Gasteiger partial charge in [0.2, 0.25) is 5.91 Å². The zero-order chi connectivity index (χ0) is 13.0. The largest absolute Gasteiger partial charge is 0.361 e. The molecule has 0 spiro atoms. The third-order valence-electron chi connectivity index (χ3n) is 3.29. The second-order valence-electron chi connectivity index (χ2n) is 4.98. The van der Waals surface area contributed by atoms with E-state index >= 15 is 0 Å². The average molecular weight is 251 g/mol. The summed E-state index contributed by atoms with van der Waals surface area (Å²) in [4.78, 5) is 11.5. The molecule has 1 aliphatic rings. The molecule has 2 rings (SSSR count). The minimum Gasteiger partial charge on any atom is -0.361 e. The van der Waals surface area contributed by atoms with E-state index in [1.807, 2.05) is 13.8 Å². The molecule has 1 aliphatic carbocycles. The molecule has 1 saturated carbocycles. The Morgan fingerprint density at radius 1 is 1.44 bits per heavy atom. The van der Waals surface area contributed by atoms with Gasteiger partial charge in [0.15, 0.2) is 0 Å². The highest BCUT2D eigenvalue weighted by molar-refractivity contribution is 5.77. The number of amides is 1. The van der Waals surface area contributed by atoms with E-state index in [-0.39, 0.29) is 5.91 Å². The highest BCUT2D eigenvalue weighted by Crippen LogP contribution is 2.27. The molecule has 5 heteroatoms. The van der Waals surface area contributed by atoms with Crippen LogP contribution in [0.3, 0.4) is 0 Å². The van der Waals surface area contributed by atoms with E-state index < -0.39 is 0 Å². The van der Waals surface area contributed by atoms with Crippen LogP contribution in [-0.4, -0.2) is 30.7 Å². The van der Waals surface area contributed by atoms with Crippen LogP contribution in [0.15, 0.2) is 4.52 Å². The molecular formula is C13H21N3O2. The summed E-state index contributed by atoms with van der Waals surface area (Å²) in [6.07, 6.45) is 3.39. The lowest BCUT2D eigenvalue weighted by Crippen LogP contribution is -2.35. The van der Waals surface area contributed by atoms with Gasteiger partial charge in [-0.3, -0.25) is 4.79 Å². The third-order valence-corrected chi connectivity index (χ3v) is 3.29. The van der Waals surface area contributed by atoms with Crippen molar-refractivity contribution in [3.63, 3.8) is 0 Å². The van der Waals surface area contributed by atoms with Crippen LogP contribution in [0, 0.1) is 19.8 Å². The summed E-state index contributed by atoms with van der Waals surface area (Å²) in [7, 11) is 0. The molecule has 1 amide bonds. The SMILES string of the molecule is Cc1noc(C)c1CCNC(=O)CNCC1CC1. The minimum atomic E-state index is 0.0578. The number of nitrogens with one attached hydrogen (secondary N) is 2. The molecule has 2 N–H and O–H groups in total. The highest BCUT2D eigenvalue weighted by atomic mass is 16.5. The van der Waals surface area contributed by atoms with E-state index in [9.17, 15) is 4.79 Å². The molecule has 0 aliphatic heterocycles. The number of hydrogen-bond acceptors (Lipinski definition) is 4. The van der Waals surface area contributed by atoms with Gasteiger partial charge in [0.1, 0.15) is 5.76 Å². The van der Waals surface area contributed by atoms with Crippen LogP contribution < -0.4 is 10.6 Å². The lowest BCUT2D eigenvalue weighted by Gasteiger charge is -2.06. The second-order valence-corrected chi connectivity index (χ2v) is 4.98. The van der Waals surface area contributed by atoms with E-state index in [0.717, 1.165) is 35.9 Å². The van der Waals surface area contributed by atoms with Gasteiger partial charge in [0.05, 0.1) is 12.2 Å². The Labute approximate surface area is 107 Å². The zero-order valence-electron chi connectivity index (χ0n) is 11.1. The number of aryl methyl sites for hydroxylation is 2. The molecule has 1 fully saturated rings. The first-order chi connectivity index (χ1) is 8.66. The van der Waals surface area contributed by atoms with Gasteiger partial charge in [-0.2, -0.15) is 0 Å². The first-order valence-electron chi connectivity index (χ1n) is 6.56. The predicted octanol–water partition coefficient (Wildman–Crippen LogP) is 0.950. The molecule has 1 heterocycles. The molecule has 18 heavy (non-hydrogen) atoms. The van der Waals surface area contributed by atoms with Crippen molar-refractivity contribution in [2.75, 3.05) is 19.6 Å². The van der Waals surface area contributed by atoms with Crippen molar-refractivity contribution in [3.8, 4) is 0 Å². The maximum absolute atomic E-state index is 11.5. The molecule has 1 aromatic rings. The smallest absolute Gasteiger partial charge is 0.233 e. The molecular weight excluding hydrogens is 230 g/mol. The monoisotopic (exact) mass is 251 g/mol. The van der Waals surface area contributed by atoms with E-state index in [0.29, 0.717) is 13.1 Å². The molecule has 0 unspecified atom stereocenters. The average Bonchev–Trinajstić information content (AvgIpc) is 3.10. The summed E-state index contributed by atoms with van der Waals surface area (Å²) in [5.74, 6) is 1.70. The van der Waals surface area contributed by atoms with Gasteiger partial charge < -0.3 is 15.2 Å². The van der Waals surface area contributed by atoms with E-state index in [4.69, 9.17) is 4.52 Å². The standard InChI is InChI=1S/C13H21N3O2/c1-9-12(10(2)18-16-9)5-6-15-13(17)8-14-7-11-3-4-11/h11,14H,3-8H2,1-2H3,(H,15,17). The molecule has 0 bridgehead atoms. The van der Waals surface area contributed by atoms with Crippen LogP contribution in [0.4, 0.5) is 0 Å². The topological polar surface area (TPSA) is 67.2 Å². The zero-order valence-corrected chi connectivity index (χ0v) is 11.1. The van der Waals surface area contributed by atoms with Gasteiger partial charge in [-0.25, -0.2) is 0 Å². The second kappa shape index (κ2) is 6.00. The molecule has 100 valence electrons. The maximum Gasteiger partial charge on any atom is 0.233 e. The Bertz CT molecular complexity index is 391. The number of nitrogens with zero attached hydrogens (tertiary/aromatic N) is 1. The van der Waals surface area contributed by atoms with Crippen LogP contribution >= 0.6 is 0 Å². The van der Waals surface area contributed by atoms with Crippen molar-refractivity contribution in [2.45, 2.75) is 33.1 Å². The predicted molar refractivity (Wildman–Crippen MR) is 68.3 cm³/mol. The van der Waals surface area contributed by atoms with E-state index in [2.05, 4.69) is 15.8 Å². The molecule has 0 aromatic carbocycles. The van der Waals surface area contributed by atoms with E-state index in [1.165, 1.54) is 12.8 Å². The van der Waals surface area contributed by atoms with Gasteiger partial charge in [0, 0.05) is 12.1 Å². The Hall–Kier alpha value is -1.36. The van der Waals surface area contributed by atoms with E-state index in [1.54, 1.807) is 0 Å². The summed E-state index contributed by atoms with van der Waals surface area (Å²) < 4.78 is 5.08. The van der Waals surface area contributed by atoms with Crippen LogP contribution in [0.1, 0.15) is 29.9 Å². The fraction of sp³-hybridized carbons (Fsp3) is 0.692. The number of rotatable bonds is 7. The lowest BCUT2D eigenvalue weighted by atomic mass is 10.1. The van der Waals surface area contributed by atoms with Gasteiger partial charge in [-0.1, -0.05) is 5.16 Å². The molecule has 1 aromatic heterocycles. The van der Waals surface area contributed by atoms with Crippen molar-refractivity contribution >= 4 is 5.91 Å². The Morgan fingerprint density at radius 3 is 2.83 bits per heavy atom. The number of aromatic nitrogens is 1. The summed E-state index contributed by atoms with van der Waals surface area (Å²) in [6, 6.07) is 0. The molecule has 0 atom stereocenters. The van der Waals surface area contributed by atoms with Gasteiger partial charge >= 0.3 is 0 Å². The highest BCUT2D eigenvalue weighted by Gasteiger charge is 2.20. The fourth-order valence-corrected chi connectivity index (χ4v) is 1.96. The number of carbonyl (C=O) groups is 1. The first-order valence-corrected chi connectivity index (χ1v) is 6.56. The Morgan fingerprint density at radius 2 is 2.22 bits per heavy atom. The lowest BCUT2D eigenvalue weighted by molar-refractivity contribution is -0.120. The number of carbonyl (C=O) groups excluding carboxylic acids is 1. The fourth-order valence-electron chi connectivity index (χ4n) is 1.96. The van der Waals surface area contributed by atoms with Gasteiger partial charge in [0.25, 0.3) is 0 Å². The van der Waals surface area contributed by atoms with Crippen LogP contribution in [0.25, 0.3) is 0 Å². The normalized spacial score (nSPS) is 14.8. The van der Waals surface area contributed by atoms with Crippen molar-refractivity contribution in [1.29, 1.82) is 0 Å². The maximum atomic E-state index is 11.5. The van der Waals surface area contributed by atoms with Crippen LogP contribution in [-0.2, 0) is 11.2 Å². The first kappa shape index (κ1) is 13.1. The van der Waals surface area contributed by atoms with Crippen LogP contribution in [0.2, 0.25) is 0 Å². The third kappa shape index (κ3) is 3.84.